The topological polar surface area (TPSA) is 73.2 Å². The third-order valence-corrected chi connectivity index (χ3v) is 2.95. The number of nitrogens with one attached hydrogen (secondary N) is 1. The van der Waals surface area contributed by atoms with Gasteiger partial charge in [0, 0.05) is 24.5 Å². The molecule has 1 aromatic carbocycles. The van der Waals surface area contributed by atoms with Gasteiger partial charge in [-0.3, -0.25) is 14.8 Å². The number of hydrogen-bond acceptors (Lipinski definition) is 4. The number of nitrogens with zero attached hydrogens (tertiary/aromatic N) is 2. The average Bonchev–Trinajstić information content (AvgIpc) is 2.89. The number of carbonyl (C=O) groups excluding carboxylic acids is 2. The number of benzene rings is 1. The van der Waals surface area contributed by atoms with E-state index in [1.165, 1.54) is 6.08 Å². The molecule has 2 rings (SSSR count). The van der Waals surface area contributed by atoms with Crippen LogP contribution in [0, 0.1) is 0 Å². The van der Waals surface area contributed by atoms with Gasteiger partial charge in [-0.15, -0.1) is 0 Å². The van der Waals surface area contributed by atoms with Gasteiger partial charge in [-0.25, -0.2) is 4.79 Å². The molecule has 1 heterocycles. The van der Waals surface area contributed by atoms with Gasteiger partial charge in [0.25, 0.3) is 0 Å². The number of aromatic nitrogens is 2. The van der Waals surface area contributed by atoms with Gasteiger partial charge in [-0.2, -0.15) is 5.10 Å². The third-order valence-electron chi connectivity index (χ3n) is 2.95. The molecule has 0 saturated heterocycles. The Kier molecular flexibility index (Phi) is 5.18. The first-order chi connectivity index (χ1) is 11.2. The molecule has 1 N–H and O–H groups in total. The van der Waals surface area contributed by atoms with Crippen molar-refractivity contribution in [1.82, 2.24) is 9.78 Å². The first-order valence-electron chi connectivity index (χ1n) is 7.55. The summed E-state index contributed by atoms with van der Waals surface area (Å²) < 4.78 is 6.84. The molecule has 0 radical (unpaired) electrons. The molecule has 0 aliphatic rings. The number of carbonyl (C=O) groups is 2. The number of ketones is 1. The van der Waals surface area contributed by atoms with Crippen molar-refractivity contribution in [2.24, 2.45) is 7.05 Å². The van der Waals surface area contributed by atoms with Crippen LogP contribution in [0.5, 0.6) is 0 Å². The molecule has 0 aliphatic heterocycles. The van der Waals surface area contributed by atoms with E-state index in [9.17, 15) is 9.59 Å². The molecule has 0 aliphatic carbocycles. The maximum absolute atomic E-state index is 12.1. The summed E-state index contributed by atoms with van der Waals surface area (Å²) in [7, 11) is 1.82. The fraction of sp³-hybridized carbons (Fsp3) is 0.278. The number of amides is 1. The Morgan fingerprint density at radius 1 is 1.17 bits per heavy atom. The fourth-order valence-electron chi connectivity index (χ4n) is 1.92. The normalized spacial score (nSPS) is 11.5. The fourth-order valence-corrected chi connectivity index (χ4v) is 1.92. The van der Waals surface area contributed by atoms with E-state index in [-0.39, 0.29) is 5.78 Å². The Balaban J connectivity index is 1.97. The van der Waals surface area contributed by atoms with Gasteiger partial charge < -0.3 is 4.74 Å². The molecule has 6 heteroatoms. The van der Waals surface area contributed by atoms with Crippen LogP contribution in [0.2, 0.25) is 0 Å². The number of hydrogen-bond donors (Lipinski definition) is 1. The second kappa shape index (κ2) is 7.12. The first-order valence-corrected chi connectivity index (χ1v) is 7.55. The van der Waals surface area contributed by atoms with E-state index >= 15 is 0 Å². The molecular formula is C18H21N3O3. The summed E-state index contributed by atoms with van der Waals surface area (Å²) in [4.78, 5) is 23.8. The quantitative estimate of drug-likeness (QED) is 0.687. The summed E-state index contributed by atoms with van der Waals surface area (Å²) in [6.07, 6.45) is 4.41. The zero-order valence-electron chi connectivity index (χ0n) is 14.2. The number of rotatable bonds is 4. The summed E-state index contributed by atoms with van der Waals surface area (Å²) in [6, 6.07) is 8.44. The molecule has 2 aromatic rings. The van der Waals surface area contributed by atoms with Crippen LogP contribution < -0.4 is 5.32 Å². The largest absolute Gasteiger partial charge is 0.444 e. The summed E-state index contributed by atoms with van der Waals surface area (Å²) in [5.74, 6) is -0.135. The van der Waals surface area contributed by atoms with Crippen LogP contribution >= 0.6 is 0 Å². The zero-order chi connectivity index (χ0) is 17.7. The summed E-state index contributed by atoms with van der Waals surface area (Å²) >= 11 is 0. The van der Waals surface area contributed by atoms with Gasteiger partial charge in [-0.05, 0) is 63.3 Å². The minimum absolute atomic E-state index is 0.135. The predicted octanol–water partition coefficient (Wildman–Crippen LogP) is 3.66. The SMILES string of the molecule is Cn1ccc(/C=C/C(=O)c2ccc(NC(=O)OC(C)(C)C)cc2)n1. The minimum Gasteiger partial charge on any atom is -0.444 e. The molecule has 1 amide bonds. The van der Waals surface area contributed by atoms with E-state index in [1.807, 2.05) is 13.1 Å². The lowest BCUT2D eigenvalue weighted by molar-refractivity contribution is 0.0636. The maximum atomic E-state index is 12.1. The van der Waals surface area contributed by atoms with Gasteiger partial charge in [0.1, 0.15) is 5.60 Å². The second-order valence-corrected chi connectivity index (χ2v) is 6.32. The summed E-state index contributed by atoms with van der Waals surface area (Å²) in [5.41, 5.74) is 1.25. The lowest BCUT2D eigenvalue weighted by atomic mass is 10.1. The smallest absolute Gasteiger partial charge is 0.412 e. The standard InChI is InChI=1S/C18H21N3O3/c1-18(2,3)24-17(23)19-14-7-5-13(6-8-14)16(22)10-9-15-11-12-21(4)20-15/h5-12H,1-4H3,(H,19,23)/b10-9+. The molecule has 126 valence electrons. The van der Waals surface area contributed by atoms with Crippen LogP contribution in [0.4, 0.5) is 10.5 Å². The van der Waals surface area contributed by atoms with Crippen molar-refractivity contribution in [1.29, 1.82) is 0 Å². The predicted molar refractivity (Wildman–Crippen MR) is 92.9 cm³/mol. The van der Waals surface area contributed by atoms with E-state index in [0.29, 0.717) is 16.9 Å². The van der Waals surface area contributed by atoms with Gasteiger partial charge >= 0.3 is 6.09 Å². The molecular weight excluding hydrogens is 306 g/mol. The molecule has 1 aromatic heterocycles. The van der Waals surface area contributed by atoms with E-state index in [4.69, 9.17) is 4.74 Å². The second-order valence-electron chi connectivity index (χ2n) is 6.32. The van der Waals surface area contributed by atoms with Crippen molar-refractivity contribution in [3.8, 4) is 0 Å². The van der Waals surface area contributed by atoms with Crippen molar-refractivity contribution in [2.75, 3.05) is 5.32 Å². The van der Waals surface area contributed by atoms with Crippen LogP contribution in [-0.4, -0.2) is 27.3 Å². The Morgan fingerprint density at radius 2 is 1.83 bits per heavy atom. The van der Waals surface area contributed by atoms with Crippen LogP contribution in [0.1, 0.15) is 36.8 Å². The molecule has 0 spiro atoms. The van der Waals surface area contributed by atoms with Crippen molar-refractivity contribution in [2.45, 2.75) is 26.4 Å². The average molecular weight is 327 g/mol. The van der Waals surface area contributed by atoms with Gasteiger partial charge in [0.2, 0.25) is 0 Å². The lowest BCUT2D eigenvalue weighted by Crippen LogP contribution is -2.27. The van der Waals surface area contributed by atoms with Crippen LogP contribution in [0.25, 0.3) is 6.08 Å². The van der Waals surface area contributed by atoms with E-state index in [1.54, 1.807) is 62.0 Å². The van der Waals surface area contributed by atoms with E-state index in [0.717, 1.165) is 0 Å². The zero-order valence-corrected chi connectivity index (χ0v) is 14.2. The molecule has 0 atom stereocenters. The highest BCUT2D eigenvalue weighted by Crippen LogP contribution is 2.14. The maximum Gasteiger partial charge on any atom is 0.412 e. The first kappa shape index (κ1) is 17.5. The Morgan fingerprint density at radius 3 is 2.38 bits per heavy atom. The Hall–Kier alpha value is -2.89. The Labute approximate surface area is 141 Å². The van der Waals surface area contributed by atoms with Crippen molar-refractivity contribution < 1.29 is 14.3 Å². The van der Waals surface area contributed by atoms with E-state index < -0.39 is 11.7 Å². The highest BCUT2D eigenvalue weighted by molar-refractivity contribution is 6.07. The van der Waals surface area contributed by atoms with Crippen LogP contribution in [0.15, 0.2) is 42.6 Å². The van der Waals surface area contributed by atoms with Gasteiger partial charge in [0.05, 0.1) is 5.69 Å². The van der Waals surface area contributed by atoms with Gasteiger partial charge in [-0.1, -0.05) is 0 Å². The number of anilines is 1. The molecule has 0 fully saturated rings. The van der Waals surface area contributed by atoms with Crippen LogP contribution in [-0.2, 0) is 11.8 Å². The summed E-state index contributed by atoms with van der Waals surface area (Å²) in [5, 5.41) is 6.79. The minimum atomic E-state index is -0.559. The highest BCUT2D eigenvalue weighted by Gasteiger charge is 2.16. The van der Waals surface area contributed by atoms with Crippen LogP contribution in [0.3, 0.4) is 0 Å². The number of ether oxygens (including phenoxy) is 1. The van der Waals surface area contributed by atoms with Crippen molar-refractivity contribution in [3.05, 3.63) is 53.9 Å². The van der Waals surface area contributed by atoms with E-state index in [2.05, 4.69) is 10.4 Å². The van der Waals surface area contributed by atoms with Crippen molar-refractivity contribution in [3.63, 3.8) is 0 Å². The molecule has 6 nitrogen and oxygen atoms in total. The molecule has 24 heavy (non-hydrogen) atoms. The third kappa shape index (κ3) is 5.39. The van der Waals surface area contributed by atoms with Gasteiger partial charge in [0.15, 0.2) is 5.78 Å². The Bertz CT molecular complexity index is 753. The molecule has 0 bridgehead atoms. The number of allylic oxidation sites excluding steroid dienone is 1. The highest BCUT2D eigenvalue weighted by atomic mass is 16.6. The summed E-state index contributed by atoms with van der Waals surface area (Å²) in [6.45, 7) is 5.38. The van der Waals surface area contributed by atoms with Crippen molar-refractivity contribution >= 4 is 23.6 Å². The molecule has 0 unspecified atom stereocenters. The lowest BCUT2D eigenvalue weighted by Gasteiger charge is -2.19. The number of aryl methyl sites for hydroxylation is 1. The monoisotopic (exact) mass is 327 g/mol. The molecule has 0 saturated carbocycles.